The number of alkyl halides is 6. The molecule has 1 aromatic rings. The number of amides is 1. The largest absolute Gasteiger partial charge is 0.409 e. The first-order chi connectivity index (χ1) is 9.53. The van der Waals surface area contributed by atoms with Crippen molar-refractivity contribution in [3.8, 4) is 0 Å². The Labute approximate surface area is 114 Å². The van der Waals surface area contributed by atoms with Gasteiger partial charge in [-0.15, -0.1) is 0 Å². The van der Waals surface area contributed by atoms with Crippen LogP contribution in [0.3, 0.4) is 0 Å². The van der Waals surface area contributed by atoms with Gasteiger partial charge in [0.1, 0.15) is 0 Å². The molecule has 0 saturated heterocycles. The first-order valence-corrected chi connectivity index (χ1v) is 5.53. The predicted octanol–water partition coefficient (Wildman–Crippen LogP) is 2.73. The molecule has 0 aromatic heterocycles. The van der Waals surface area contributed by atoms with E-state index in [-0.39, 0.29) is 5.56 Å². The lowest BCUT2D eigenvalue weighted by molar-refractivity contribution is -0.274. The third-order valence-electron chi connectivity index (χ3n) is 2.44. The summed E-state index contributed by atoms with van der Waals surface area (Å²) in [6.45, 7) is -0.953. The van der Waals surface area contributed by atoms with Crippen LogP contribution in [0.1, 0.15) is 10.4 Å². The van der Waals surface area contributed by atoms with Gasteiger partial charge >= 0.3 is 12.4 Å². The fraction of sp³-hybridized carbons (Fsp3) is 0.333. The van der Waals surface area contributed by atoms with Gasteiger partial charge in [0.05, 0.1) is 6.54 Å². The van der Waals surface area contributed by atoms with Crippen LogP contribution in [0, 0.1) is 5.92 Å². The van der Waals surface area contributed by atoms with Crippen molar-refractivity contribution >= 4 is 11.7 Å². The minimum absolute atomic E-state index is 0.0633. The van der Waals surface area contributed by atoms with Crippen LogP contribution in [0.2, 0.25) is 0 Å². The summed E-state index contributed by atoms with van der Waals surface area (Å²) in [6, 6.07) is 7.13. The van der Waals surface area contributed by atoms with Gasteiger partial charge in [-0.1, -0.05) is 30.3 Å². The third-order valence-corrected chi connectivity index (χ3v) is 2.44. The molecule has 1 aromatic carbocycles. The molecule has 0 atom stereocenters. The number of benzene rings is 1. The molecule has 0 bridgehead atoms. The van der Waals surface area contributed by atoms with Gasteiger partial charge in [-0.3, -0.25) is 9.59 Å². The van der Waals surface area contributed by atoms with Crippen LogP contribution in [0.15, 0.2) is 30.3 Å². The fourth-order valence-electron chi connectivity index (χ4n) is 1.48. The quantitative estimate of drug-likeness (QED) is 0.686. The molecule has 0 saturated carbocycles. The zero-order chi connectivity index (χ0) is 16.3. The molecule has 0 radical (unpaired) electrons. The maximum Gasteiger partial charge on any atom is 0.409 e. The highest BCUT2D eigenvalue weighted by molar-refractivity contribution is 5.99. The normalized spacial score (nSPS) is 12.3. The van der Waals surface area contributed by atoms with Gasteiger partial charge in [-0.05, 0) is 0 Å². The Morgan fingerprint density at radius 3 is 1.86 bits per heavy atom. The van der Waals surface area contributed by atoms with Gasteiger partial charge in [-0.2, -0.15) is 26.3 Å². The van der Waals surface area contributed by atoms with Crippen molar-refractivity contribution in [3.05, 3.63) is 35.9 Å². The monoisotopic (exact) mass is 313 g/mol. The average molecular weight is 313 g/mol. The van der Waals surface area contributed by atoms with Crippen LogP contribution in [0.5, 0.6) is 0 Å². The highest BCUT2D eigenvalue weighted by Gasteiger charge is 2.61. The number of rotatable bonds is 4. The molecule has 21 heavy (non-hydrogen) atoms. The highest BCUT2D eigenvalue weighted by Crippen LogP contribution is 2.39. The molecule has 1 rings (SSSR count). The molecule has 0 unspecified atom stereocenters. The number of hydrogen-bond donors (Lipinski definition) is 1. The van der Waals surface area contributed by atoms with Crippen molar-refractivity contribution in [3.63, 3.8) is 0 Å². The summed E-state index contributed by atoms with van der Waals surface area (Å²) < 4.78 is 73.5. The maximum absolute atomic E-state index is 12.2. The molecular formula is C12H9F6NO2. The Bertz CT molecular complexity index is 495. The van der Waals surface area contributed by atoms with Crippen LogP contribution in [-0.2, 0) is 4.79 Å². The molecular weight excluding hydrogens is 304 g/mol. The van der Waals surface area contributed by atoms with Crippen LogP contribution >= 0.6 is 0 Å². The molecule has 0 heterocycles. The zero-order valence-electron chi connectivity index (χ0n) is 10.3. The molecule has 0 aliphatic carbocycles. The van der Waals surface area contributed by atoms with Crippen molar-refractivity contribution in [2.75, 3.05) is 6.54 Å². The van der Waals surface area contributed by atoms with Crippen molar-refractivity contribution in [1.82, 2.24) is 5.32 Å². The van der Waals surface area contributed by atoms with Crippen molar-refractivity contribution in [1.29, 1.82) is 0 Å². The number of Topliss-reactive ketones (excluding diaryl/α,β-unsaturated/α-hetero) is 1. The number of hydrogen-bond acceptors (Lipinski definition) is 2. The zero-order valence-corrected chi connectivity index (χ0v) is 10.3. The SMILES string of the molecule is O=C(CNC(=O)C(C(F)(F)F)C(F)(F)F)c1ccccc1. The van der Waals surface area contributed by atoms with E-state index in [1.807, 2.05) is 0 Å². The Morgan fingerprint density at radius 2 is 1.43 bits per heavy atom. The summed E-state index contributed by atoms with van der Waals surface area (Å²) >= 11 is 0. The first-order valence-electron chi connectivity index (χ1n) is 5.53. The smallest absolute Gasteiger partial charge is 0.348 e. The summed E-state index contributed by atoms with van der Waals surface area (Å²) in [5, 5.41) is 1.37. The topological polar surface area (TPSA) is 46.2 Å². The molecule has 3 nitrogen and oxygen atoms in total. The van der Waals surface area contributed by atoms with Crippen molar-refractivity contribution < 1.29 is 35.9 Å². The van der Waals surface area contributed by atoms with Gasteiger partial charge < -0.3 is 5.32 Å². The Hall–Kier alpha value is -2.06. The first kappa shape index (κ1) is 17.0. The van der Waals surface area contributed by atoms with E-state index in [2.05, 4.69) is 0 Å². The summed E-state index contributed by atoms with van der Waals surface area (Å²) in [6.07, 6.45) is -11.6. The Balaban J connectivity index is 2.74. The summed E-state index contributed by atoms with van der Waals surface area (Å²) in [4.78, 5) is 22.6. The molecule has 116 valence electrons. The predicted molar refractivity (Wildman–Crippen MR) is 59.4 cm³/mol. The molecule has 0 fully saturated rings. The van der Waals surface area contributed by atoms with Crippen LogP contribution in [0.4, 0.5) is 26.3 Å². The van der Waals surface area contributed by atoms with Crippen molar-refractivity contribution in [2.45, 2.75) is 12.4 Å². The number of carbonyl (C=O) groups is 2. The standard InChI is InChI=1S/C12H9F6NO2/c13-11(14,15)9(12(16,17)18)10(21)19-6-8(20)7-4-2-1-3-5-7/h1-5,9H,6H2,(H,19,21). The maximum atomic E-state index is 12.2. The second kappa shape index (κ2) is 6.15. The lowest BCUT2D eigenvalue weighted by Crippen LogP contribution is -2.48. The van der Waals surface area contributed by atoms with E-state index in [1.54, 1.807) is 6.07 Å². The molecule has 0 spiro atoms. The summed E-state index contributed by atoms with van der Waals surface area (Å²) in [5.74, 6) is -7.26. The molecule has 9 heteroatoms. The number of halogens is 6. The van der Waals surface area contributed by atoms with Crippen LogP contribution < -0.4 is 5.32 Å². The summed E-state index contributed by atoms with van der Waals surface area (Å²) in [5.41, 5.74) is 0.0633. The Morgan fingerprint density at radius 1 is 0.952 bits per heavy atom. The molecule has 1 N–H and O–H groups in total. The molecule has 0 aliphatic heterocycles. The van der Waals surface area contributed by atoms with Gasteiger partial charge in [0.15, 0.2) is 5.78 Å². The van der Waals surface area contributed by atoms with E-state index in [0.717, 1.165) is 0 Å². The van der Waals surface area contributed by atoms with E-state index in [4.69, 9.17) is 0 Å². The van der Waals surface area contributed by atoms with Crippen LogP contribution in [-0.4, -0.2) is 30.6 Å². The van der Waals surface area contributed by atoms with E-state index >= 15 is 0 Å². The highest BCUT2D eigenvalue weighted by atomic mass is 19.4. The number of ketones is 1. The van der Waals surface area contributed by atoms with Gasteiger partial charge in [0.2, 0.25) is 11.8 Å². The fourth-order valence-corrected chi connectivity index (χ4v) is 1.48. The lowest BCUT2D eigenvalue weighted by Gasteiger charge is -2.21. The summed E-state index contributed by atoms with van der Waals surface area (Å²) in [7, 11) is 0. The van der Waals surface area contributed by atoms with E-state index in [1.165, 1.54) is 29.6 Å². The minimum atomic E-state index is -5.78. The molecule has 0 aliphatic rings. The van der Waals surface area contributed by atoms with Crippen LogP contribution in [0.25, 0.3) is 0 Å². The second-order valence-corrected chi connectivity index (χ2v) is 4.02. The average Bonchev–Trinajstić information content (AvgIpc) is 2.33. The van der Waals surface area contributed by atoms with E-state index in [0.29, 0.717) is 0 Å². The Kier molecular flexibility index (Phi) is 4.97. The number of carbonyl (C=O) groups excluding carboxylic acids is 2. The lowest BCUT2D eigenvalue weighted by atomic mass is 10.1. The number of nitrogens with one attached hydrogen (secondary N) is 1. The van der Waals surface area contributed by atoms with Gasteiger partial charge in [0, 0.05) is 5.56 Å². The second-order valence-electron chi connectivity index (χ2n) is 4.02. The molecule has 1 amide bonds. The van der Waals surface area contributed by atoms with E-state index in [9.17, 15) is 35.9 Å². The van der Waals surface area contributed by atoms with E-state index < -0.39 is 36.5 Å². The third kappa shape index (κ3) is 4.76. The van der Waals surface area contributed by atoms with Gasteiger partial charge in [-0.25, -0.2) is 0 Å². The minimum Gasteiger partial charge on any atom is -0.348 e. The van der Waals surface area contributed by atoms with Gasteiger partial charge in [0.25, 0.3) is 0 Å². The van der Waals surface area contributed by atoms with Crippen molar-refractivity contribution in [2.24, 2.45) is 5.92 Å².